The number of aryl methyl sites for hydroxylation is 1. The van der Waals surface area contributed by atoms with Crippen LogP contribution in [0.15, 0.2) is 42.5 Å². The van der Waals surface area contributed by atoms with Crippen LogP contribution in [0.2, 0.25) is 0 Å². The minimum absolute atomic E-state index is 0.0908. The lowest BCUT2D eigenvalue weighted by Gasteiger charge is -2.31. The molecule has 1 heterocycles. The Hall–Kier alpha value is -2.82. The second-order valence-corrected chi connectivity index (χ2v) is 7.83. The highest BCUT2D eigenvalue weighted by molar-refractivity contribution is 6.07. The summed E-state index contributed by atoms with van der Waals surface area (Å²) in [5.41, 5.74) is 3.75. The van der Waals surface area contributed by atoms with Crippen LogP contribution in [0.25, 0.3) is 0 Å². The zero-order chi connectivity index (χ0) is 20.8. The fraction of sp³-hybridized carbons (Fsp3) is 0.417. The number of anilines is 2. The van der Waals surface area contributed by atoms with Crippen LogP contribution in [-0.2, 0) is 0 Å². The van der Waals surface area contributed by atoms with E-state index in [0.717, 1.165) is 43.6 Å². The quantitative estimate of drug-likeness (QED) is 0.743. The Kier molecular flexibility index (Phi) is 6.91. The van der Waals surface area contributed by atoms with Gasteiger partial charge in [-0.25, -0.2) is 0 Å². The van der Waals surface area contributed by atoms with Crippen LogP contribution in [0.4, 0.5) is 11.4 Å². The Morgan fingerprint density at radius 3 is 2.41 bits per heavy atom. The topological polar surface area (TPSA) is 61.4 Å². The van der Waals surface area contributed by atoms with E-state index >= 15 is 0 Å². The van der Waals surface area contributed by atoms with Gasteiger partial charge in [-0.05, 0) is 69.4 Å². The summed E-state index contributed by atoms with van der Waals surface area (Å²) in [6.45, 7) is 7.88. The van der Waals surface area contributed by atoms with E-state index in [1.807, 2.05) is 50.2 Å². The number of nitrogens with zero attached hydrogens (tertiary/aromatic N) is 1. The van der Waals surface area contributed by atoms with Gasteiger partial charge in [-0.2, -0.15) is 0 Å². The van der Waals surface area contributed by atoms with Gasteiger partial charge in [0.2, 0.25) is 0 Å². The number of nitrogens with one attached hydrogen (secondary N) is 2. The van der Waals surface area contributed by atoms with Crippen molar-refractivity contribution in [3.8, 4) is 0 Å². The molecule has 154 valence electrons. The van der Waals surface area contributed by atoms with E-state index in [9.17, 15) is 9.59 Å². The van der Waals surface area contributed by atoms with Crippen molar-refractivity contribution in [2.75, 3.05) is 23.3 Å². The van der Waals surface area contributed by atoms with Crippen molar-refractivity contribution in [3.63, 3.8) is 0 Å². The average Bonchev–Trinajstić information content (AvgIpc) is 2.74. The summed E-state index contributed by atoms with van der Waals surface area (Å²) >= 11 is 0. The molecule has 2 aromatic carbocycles. The molecule has 2 aromatic rings. The summed E-state index contributed by atoms with van der Waals surface area (Å²) < 4.78 is 0. The van der Waals surface area contributed by atoms with Gasteiger partial charge in [-0.15, -0.1) is 0 Å². The Bertz CT molecular complexity index is 872. The van der Waals surface area contributed by atoms with Crippen molar-refractivity contribution in [2.24, 2.45) is 0 Å². The molecular formula is C24H31N3O2. The first-order valence-electron chi connectivity index (χ1n) is 10.6. The summed E-state index contributed by atoms with van der Waals surface area (Å²) in [6.07, 6.45) is 4.38. The first kappa shape index (κ1) is 20.9. The number of carbonyl (C=O) groups is 2. The monoisotopic (exact) mass is 393 g/mol. The van der Waals surface area contributed by atoms with E-state index in [2.05, 4.69) is 22.5 Å². The lowest BCUT2D eigenvalue weighted by atomic mass is 10.0. The molecule has 0 aromatic heterocycles. The maximum absolute atomic E-state index is 13.0. The maximum Gasteiger partial charge on any atom is 0.255 e. The Balaban J connectivity index is 1.88. The van der Waals surface area contributed by atoms with Crippen molar-refractivity contribution in [1.82, 2.24) is 5.32 Å². The summed E-state index contributed by atoms with van der Waals surface area (Å²) in [6, 6.07) is 13.2. The van der Waals surface area contributed by atoms with Gasteiger partial charge in [-0.3, -0.25) is 9.59 Å². The molecule has 0 radical (unpaired) electrons. The van der Waals surface area contributed by atoms with Gasteiger partial charge in [0.25, 0.3) is 11.8 Å². The zero-order valence-corrected chi connectivity index (χ0v) is 17.6. The molecule has 0 saturated carbocycles. The van der Waals surface area contributed by atoms with Crippen molar-refractivity contribution >= 4 is 23.2 Å². The first-order valence-corrected chi connectivity index (χ1v) is 10.6. The highest BCUT2D eigenvalue weighted by Gasteiger charge is 2.21. The van der Waals surface area contributed by atoms with E-state index in [1.54, 1.807) is 6.07 Å². The highest BCUT2D eigenvalue weighted by Crippen LogP contribution is 2.28. The van der Waals surface area contributed by atoms with Crippen LogP contribution >= 0.6 is 0 Å². The molecule has 0 bridgehead atoms. The summed E-state index contributed by atoms with van der Waals surface area (Å²) in [5.74, 6) is -0.256. The van der Waals surface area contributed by atoms with Crippen molar-refractivity contribution in [3.05, 3.63) is 59.2 Å². The number of piperidine rings is 1. The van der Waals surface area contributed by atoms with E-state index in [1.165, 1.54) is 6.42 Å². The molecule has 1 aliphatic heterocycles. The van der Waals surface area contributed by atoms with Crippen LogP contribution in [0.1, 0.15) is 65.8 Å². The highest BCUT2D eigenvalue weighted by atomic mass is 16.2. The molecule has 0 aliphatic carbocycles. The SMILES string of the molecule is CCC(C)NC(=O)c1cc(NC(=O)c2ccccc2C)ccc1N1CCCCC1. The van der Waals surface area contributed by atoms with Crippen molar-refractivity contribution in [1.29, 1.82) is 0 Å². The lowest BCUT2D eigenvalue weighted by molar-refractivity contribution is 0.0938. The van der Waals surface area contributed by atoms with Crippen molar-refractivity contribution in [2.45, 2.75) is 52.5 Å². The number of rotatable bonds is 6. The van der Waals surface area contributed by atoms with Gasteiger partial charge in [0, 0.05) is 36.1 Å². The summed E-state index contributed by atoms with van der Waals surface area (Å²) in [5, 5.41) is 6.02. The van der Waals surface area contributed by atoms with Gasteiger partial charge >= 0.3 is 0 Å². The summed E-state index contributed by atoms with van der Waals surface area (Å²) in [4.78, 5) is 28.0. The predicted molar refractivity (Wildman–Crippen MR) is 119 cm³/mol. The first-order chi connectivity index (χ1) is 14.0. The Labute approximate surface area is 173 Å². The Morgan fingerprint density at radius 1 is 1.00 bits per heavy atom. The van der Waals surface area contributed by atoms with E-state index in [4.69, 9.17) is 0 Å². The molecule has 2 amide bonds. The molecular weight excluding hydrogens is 362 g/mol. The van der Waals surface area contributed by atoms with E-state index < -0.39 is 0 Å². The molecule has 1 unspecified atom stereocenters. The fourth-order valence-corrected chi connectivity index (χ4v) is 3.64. The van der Waals surface area contributed by atoms with Crippen LogP contribution in [-0.4, -0.2) is 30.9 Å². The van der Waals surface area contributed by atoms with E-state index in [0.29, 0.717) is 16.8 Å². The third-order valence-electron chi connectivity index (χ3n) is 5.58. The second-order valence-electron chi connectivity index (χ2n) is 7.83. The van der Waals surface area contributed by atoms with Crippen LogP contribution in [0, 0.1) is 6.92 Å². The summed E-state index contributed by atoms with van der Waals surface area (Å²) in [7, 11) is 0. The Morgan fingerprint density at radius 2 is 1.72 bits per heavy atom. The van der Waals surface area contributed by atoms with Crippen LogP contribution in [0.5, 0.6) is 0 Å². The standard InChI is InChI=1S/C24H31N3O2/c1-4-18(3)25-24(29)21-16-19(12-13-22(21)27-14-8-5-9-15-27)26-23(28)20-11-7-6-10-17(20)2/h6-7,10-13,16,18H,4-5,8-9,14-15H2,1-3H3,(H,25,29)(H,26,28). The normalized spacial score (nSPS) is 14.9. The van der Waals surface area contributed by atoms with Crippen LogP contribution in [0.3, 0.4) is 0 Å². The number of hydrogen-bond acceptors (Lipinski definition) is 3. The van der Waals surface area contributed by atoms with Gasteiger partial charge in [0.05, 0.1) is 5.56 Å². The fourth-order valence-electron chi connectivity index (χ4n) is 3.64. The third kappa shape index (κ3) is 5.17. The minimum atomic E-state index is -0.165. The average molecular weight is 394 g/mol. The largest absolute Gasteiger partial charge is 0.371 e. The molecule has 5 nitrogen and oxygen atoms in total. The minimum Gasteiger partial charge on any atom is -0.371 e. The number of carbonyl (C=O) groups excluding carboxylic acids is 2. The van der Waals surface area contributed by atoms with Gasteiger partial charge in [-0.1, -0.05) is 25.1 Å². The molecule has 29 heavy (non-hydrogen) atoms. The van der Waals surface area contributed by atoms with Crippen molar-refractivity contribution < 1.29 is 9.59 Å². The third-order valence-corrected chi connectivity index (χ3v) is 5.58. The molecule has 1 saturated heterocycles. The molecule has 5 heteroatoms. The number of benzene rings is 2. The van der Waals surface area contributed by atoms with Gasteiger partial charge in [0.15, 0.2) is 0 Å². The smallest absolute Gasteiger partial charge is 0.255 e. The second kappa shape index (κ2) is 9.59. The number of hydrogen-bond donors (Lipinski definition) is 2. The molecule has 2 N–H and O–H groups in total. The molecule has 1 fully saturated rings. The van der Waals surface area contributed by atoms with Gasteiger partial charge in [0.1, 0.15) is 0 Å². The van der Waals surface area contributed by atoms with E-state index in [-0.39, 0.29) is 17.9 Å². The lowest BCUT2D eigenvalue weighted by Crippen LogP contribution is -2.35. The molecule has 0 spiro atoms. The molecule has 1 atom stereocenters. The van der Waals surface area contributed by atoms with Crippen LogP contribution < -0.4 is 15.5 Å². The van der Waals surface area contributed by atoms with Gasteiger partial charge < -0.3 is 15.5 Å². The zero-order valence-electron chi connectivity index (χ0n) is 17.6. The maximum atomic E-state index is 13.0. The molecule has 1 aliphatic rings. The molecule has 3 rings (SSSR count). The predicted octanol–water partition coefficient (Wildman–Crippen LogP) is 4.77. The number of amides is 2.